The van der Waals surface area contributed by atoms with E-state index in [2.05, 4.69) is 77.8 Å². The van der Waals surface area contributed by atoms with Gasteiger partial charge in [0, 0.05) is 4.91 Å². The van der Waals surface area contributed by atoms with Crippen LogP contribution in [0.3, 0.4) is 0 Å². The topological polar surface area (TPSA) is 76.5 Å². The van der Waals surface area contributed by atoms with Gasteiger partial charge in [-0.05, 0) is 48.7 Å². The van der Waals surface area contributed by atoms with E-state index in [1.54, 1.807) is 6.92 Å². The number of ether oxygens (including phenoxy) is 1. The zero-order chi connectivity index (χ0) is 22.2. The van der Waals surface area contributed by atoms with Crippen LogP contribution in [0.4, 0.5) is 4.39 Å². The molecule has 1 aliphatic heterocycles. The van der Waals surface area contributed by atoms with Crippen LogP contribution in [-0.4, -0.2) is 53.8 Å². The van der Waals surface area contributed by atoms with Gasteiger partial charge in [-0.2, -0.15) is 0 Å². The summed E-state index contributed by atoms with van der Waals surface area (Å²) in [7, 11) is -4.39. The monoisotopic (exact) mass is 433 g/mol. The average Bonchev–Trinajstić information content (AvgIpc) is 2.74. The van der Waals surface area contributed by atoms with Crippen molar-refractivity contribution in [3.05, 3.63) is 10.4 Å². The van der Waals surface area contributed by atoms with Gasteiger partial charge in [-0.3, -0.25) is 0 Å². The minimum absolute atomic E-state index is 0.00179. The van der Waals surface area contributed by atoms with Crippen molar-refractivity contribution in [2.24, 2.45) is 5.11 Å². The molecule has 0 aromatic carbocycles. The van der Waals surface area contributed by atoms with Crippen molar-refractivity contribution in [2.75, 3.05) is 13.2 Å². The molecule has 0 saturated carbocycles. The lowest BCUT2D eigenvalue weighted by Gasteiger charge is -2.45. The van der Waals surface area contributed by atoms with Gasteiger partial charge in [-0.15, -0.1) is 0 Å². The van der Waals surface area contributed by atoms with Gasteiger partial charge < -0.3 is 13.6 Å². The second kappa shape index (κ2) is 8.36. The van der Waals surface area contributed by atoms with Crippen LogP contribution < -0.4 is 0 Å². The molecule has 0 spiro atoms. The Balaban J connectivity index is 3.29. The van der Waals surface area contributed by atoms with E-state index in [0.717, 1.165) is 0 Å². The number of nitrogens with zero attached hydrogens (tertiary/aromatic N) is 3. The predicted octanol–water partition coefficient (Wildman–Crippen LogP) is 6.20. The quantitative estimate of drug-likeness (QED) is 0.207. The van der Waals surface area contributed by atoms with Gasteiger partial charge in [0.1, 0.15) is 11.7 Å². The molecule has 1 aliphatic rings. The van der Waals surface area contributed by atoms with Crippen molar-refractivity contribution >= 4 is 16.6 Å². The lowest BCUT2D eigenvalue weighted by Crippen LogP contribution is -2.58. The molecule has 164 valence electrons. The summed E-state index contributed by atoms with van der Waals surface area (Å²) in [6, 6.07) is 0. The summed E-state index contributed by atoms with van der Waals surface area (Å²) in [5, 5.41) is 3.68. The summed E-state index contributed by atoms with van der Waals surface area (Å²) < 4.78 is 34.3. The molecular formula is C19H40FN3O3Si2. The van der Waals surface area contributed by atoms with E-state index in [1.807, 2.05) is 0 Å². The standard InChI is InChI=1S/C19H40FN3O3Si2/c1-14-15(20)16(26-28(10,11)18(5,6)7)19(25-14,12-22-23-21)13-24-27(8,9)17(2,3)4/h14-16H,12-13H2,1-11H3/t14-,15-,16?,19?/m0/s1. The molecule has 0 N–H and O–H groups in total. The molecular weight excluding hydrogens is 393 g/mol. The highest BCUT2D eigenvalue weighted by molar-refractivity contribution is 6.74. The molecule has 2 unspecified atom stereocenters. The van der Waals surface area contributed by atoms with Crippen LogP contribution in [0.2, 0.25) is 36.3 Å². The largest absolute Gasteiger partial charge is 0.414 e. The fourth-order valence-electron chi connectivity index (χ4n) is 2.66. The maximum Gasteiger partial charge on any atom is 0.192 e. The van der Waals surface area contributed by atoms with Gasteiger partial charge in [0.25, 0.3) is 0 Å². The molecule has 0 aromatic rings. The molecule has 0 aromatic heterocycles. The molecule has 4 atom stereocenters. The van der Waals surface area contributed by atoms with E-state index in [9.17, 15) is 0 Å². The number of alkyl halides is 1. The van der Waals surface area contributed by atoms with Gasteiger partial charge in [0.15, 0.2) is 22.8 Å². The Labute approximate surface area is 172 Å². The highest BCUT2D eigenvalue weighted by Gasteiger charge is 2.58. The number of rotatable bonds is 7. The molecule has 1 fully saturated rings. The lowest BCUT2D eigenvalue weighted by atomic mass is 9.96. The molecule has 28 heavy (non-hydrogen) atoms. The summed E-state index contributed by atoms with van der Waals surface area (Å²) in [5.74, 6) is 0. The summed E-state index contributed by atoms with van der Waals surface area (Å²) in [6.07, 6.45) is -2.77. The van der Waals surface area contributed by atoms with Crippen LogP contribution in [0, 0.1) is 0 Å². The third-order valence-corrected chi connectivity index (χ3v) is 15.7. The second-order valence-electron chi connectivity index (χ2n) is 11.1. The van der Waals surface area contributed by atoms with E-state index in [1.165, 1.54) is 0 Å². The van der Waals surface area contributed by atoms with E-state index < -0.39 is 40.6 Å². The van der Waals surface area contributed by atoms with E-state index in [-0.39, 0.29) is 23.2 Å². The Hall–Kier alpha value is -0.446. The highest BCUT2D eigenvalue weighted by Crippen LogP contribution is 2.45. The van der Waals surface area contributed by atoms with Crippen LogP contribution in [0.5, 0.6) is 0 Å². The number of halogens is 1. The Morgan fingerprint density at radius 1 is 1.07 bits per heavy atom. The van der Waals surface area contributed by atoms with Crippen molar-refractivity contribution in [1.29, 1.82) is 0 Å². The van der Waals surface area contributed by atoms with Crippen molar-refractivity contribution in [2.45, 2.75) is 109 Å². The Morgan fingerprint density at radius 3 is 2.00 bits per heavy atom. The van der Waals surface area contributed by atoms with Gasteiger partial charge in [0.05, 0.1) is 19.3 Å². The van der Waals surface area contributed by atoms with Crippen LogP contribution in [0.1, 0.15) is 48.5 Å². The van der Waals surface area contributed by atoms with Gasteiger partial charge >= 0.3 is 0 Å². The summed E-state index contributed by atoms with van der Waals surface area (Å²) in [5.41, 5.74) is 7.81. The van der Waals surface area contributed by atoms with Crippen LogP contribution in [0.15, 0.2) is 5.11 Å². The zero-order valence-electron chi connectivity index (χ0n) is 19.6. The minimum atomic E-state index is -2.28. The van der Waals surface area contributed by atoms with Crippen molar-refractivity contribution in [1.82, 2.24) is 0 Å². The Kier molecular flexibility index (Phi) is 7.64. The number of hydrogen-bond donors (Lipinski definition) is 0. The first-order valence-electron chi connectivity index (χ1n) is 10.0. The molecule has 0 amide bonds. The van der Waals surface area contributed by atoms with Crippen molar-refractivity contribution < 1.29 is 18.0 Å². The van der Waals surface area contributed by atoms with Crippen molar-refractivity contribution in [3.8, 4) is 0 Å². The molecule has 0 aliphatic carbocycles. The summed E-state index contributed by atoms with van der Waals surface area (Å²) in [4.78, 5) is 2.90. The summed E-state index contributed by atoms with van der Waals surface area (Å²) in [6.45, 7) is 23.1. The molecule has 0 radical (unpaired) electrons. The third kappa shape index (κ3) is 5.37. The zero-order valence-corrected chi connectivity index (χ0v) is 21.6. The van der Waals surface area contributed by atoms with Gasteiger partial charge in [-0.1, -0.05) is 46.7 Å². The SMILES string of the molecule is C[C@@H]1OC(CN=[N+]=[N-])(CO[Si](C)(C)C(C)(C)C)C(O[Si](C)(C)C(C)(C)C)[C@H]1F. The Bertz CT molecular complexity index is 598. The third-order valence-electron chi connectivity index (χ3n) is 6.79. The van der Waals surface area contributed by atoms with E-state index >= 15 is 4.39 Å². The molecule has 0 bridgehead atoms. The minimum Gasteiger partial charge on any atom is -0.414 e. The number of hydrogen-bond acceptors (Lipinski definition) is 4. The van der Waals surface area contributed by atoms with Crippen LogP contribution >= 0.6 is 0 Å². The fraction of sp³-hybridized carbons (Fsp3) is 1.00. The van der Waals surface area contributed by atoms with Crippen molar-refractivity contribution in [3.63, 3.8) is 0 Å². The highest BCUT2D eigenvalue weighted by atomic mass is 28.4. The van der Waals surface area contributed by atoms with E-state index in [4.69, 9.17) is 19.1 Å². The smallest absolute Gasteiger partial charge is 0.192 e. The number of azide groups is 1. The first-order chi connectivity index (χ1) is 12.4. The molecule has 6 nitrogen and oxygen atoms in total. The summed E-state index contributed by atoms with van der Waals surface area (Å²) >= 11 is 0. The van der Waals surface area contributed by atoms with E-state index in [0.29, 0.717) is 0 Å². The molecule has 1 heterocycles. The molecule has 9 heteroatoms. The molecule has 1 saturated heterocycles. The molecule has 1 rings (SSSR count). The van der Waals surface area contributed by atoms with Gasteiger partial charge in [-0.25, -0.2) is 4.39 Å². The van der Waals surface area contributed by atoms with Gasteiger partial charge in [0.2, 0.25) is 0 Å². The first kappa shape index (κ1) is 25.6. The van der Waals surface area contributed by atoms with Crippen LogP contribution in [0.25, 0.3) is 10.4 Å². The normalized spacial score (nSPS) is 29.6. The second-order valence-corrected chi connectivity index (χ2v) is 20.6. The maximum absolute atomic E-state index is 15.3. The lowest BCUT2D eigenvalue weighted by molar-refractivity contribution is -0.0940. The van der Waals surface area contributed by atoms with Crippen LogP contribution in [-0.2, 0) is 13.6 Å². The average molecular weight is 434 g/mol. The predicted molar refractivity (Wildman–Crippen MR) is 117 cm³/mol. The Morgan fingerprint density at radius 2 is 1.57 bits per heavy atom. The fourth-order valence-corrected chi connectivity index (χ4v) is 5.04. The maximum atomic E-state index is 15.3. The first-order valence-corrected chi connectivity index (χ1v) is 15.9.